The smallest absolute Gasteiger partial charge is 0.0543 e. The van der Waals surface area contributed by atoms with E-state index in [2.05, 4.69) is 150 Å². The molecular formula is C42H39N. The molecule has 0 unspecified atom stereocenters. The molecule has 43 heavy (non-hydrogen) atoms. The zero-order valence-electron chi connectivity index (χ0n) is 26.2. The second-order valence-corrected chi connectivity index (χ2v) is 13.7. The predicted molar refractivity (Wildman–Crippen MR) is 183 cm³/mol. The first-order valence-corrected chi connectivity index (χ1v) is 15.8. The van der Waals surface area contributed by atoms with E-state index >= 15 is 0 Å². The van der Waals surface area contributed by atoms with Crippen molar-refractivity contribution in [2.24, 2.45) is 0 Å². The Balaban J connectivity index is 1.44. The van der Waals surface area contributed by atoms with E-state index < -0.39 is 0 Å². The van der Waals surface area contributed by atoms with Crippen LogP contribution >= 0.6 is 0 Å². The molecule has 0 aromatic heterocycles. The molecule has 2 aliphatic carbocycles. The van der Waals surface area contributed by atoms with Crippen LogP contribution < -0.4 is 4.90 Å². The van der Waals surface area contributed by atoms with Gasteiger partial charge in [0.05, 0.1) is 5.69 Å². The van der Waals surface area contributed by atoms with Gasteiger partial charge in [-0.05, 0) is 118 Å². The molecule has 0 saturated carbocycles. The van der Waals surface area contributed by atoms with Crippen LogP contribution in [0.15, 0.2) is 114 Å². The zero-order valence-corrected chi connectivity index (χ0v) is 26.2. The normalized spacial score (nSPS) is 17.5. The van der Waals surface area contributed by atoms with Crippen molar-refractivity contribution in [3.63, 3.8) is 0 Å². The van der Waals surface area contributed by atoms with E-state index in [9.17, 15) is 0 Å². The van der Waals surface area contributed by atoms with Gasteiger partial charge < -0.3 is 4.90 Å². The van der Waals surface area contributed by atoms with Crippen LogP contribution in [0.2, 0.25) is 0 Å². The van der Waals surface area contributed by atoms with Gasteiger partial charge in [0.25, 0.3) is 0 Å². The molecule has 0 saturated heterocycles. The van der Waals surface area contributed by atoms with Crippen molar-refractivity contribution in [2.75, 3.05) is 4.90 Å². The summed E-state index contributed by atoms with van der Waals surface area (Å²) in [7, 11) is 0. The predicted octanol–water partition coefficient (Wildman–Crippen LogP) is 11.4. The van der Waals surface area contributed by atoms with E-state index in [0.717, 1.165) is 12.8 Å². The van der Waals surface area contributed by atoms with E-state index in [1.165, 1.54) is 83.5 Å². The Morgan fingerprint density at radius 3 is 2.07 bits per heavy atom. The quantitative estimate of drug-likeness (QED) is 0.209. The number of anilines is 2. The molecule has 1 heteroatoms. The Bertz CT molecular complexity index is 2050. The van der Waals surface area contributed by atoms with Crippen molar-refractivity contribution < 1.29 is 0 Å². The summed E-state index contributed by atoms with van der Waals surface area (Å²) in [4.78, 5) is 2.55. The first kappa shape index (κ1) is 26.3. The monoisotopic (exact) mass is 557 g/mol. The molecule has 5 aromatic carbocycles. The van der Waals surface area contributed by atoms with Crippen molar-refractivity contribution in [1.82, 2.24) is 0 Å². The molecular weight excluding hydrogens is 518 g/mol. The SMILES string of the molecule is C/C=C\C1=C(C)CCc2ccccc2N1c1cc2c(c3ccccc13)-c1cc3c(cc1C2(C)C)-c1ccccc1C3(C)C. The third-order valence-corrected chi connectivity index (χ3v) is 10.6. The number of hydrogen-bond donors (Lipinski definition) is 0. The van der Waals surface area contributed by atoms with Gasteiger partial charge in [0.15, 0.2) is 0 Å². The minimum absolute atomic E-state index is 0.0247. The molecule has 8 rings (SSSR count). The molecule has 0 bridgehead atoms. The van der Waals surface area contributed by atoms with Gasteiger partial charge in [-0.3, -0.25) is 0 Å². The van der Waals surface area contributed by atoms with Crippen LogP contribution in [-0.2, 0) is 17.3 Å². The molecule has 1 heterocycles. The lowest BCUT2D eigenvalue weighted by Crippen LogP contribution is -2.20. The van der Waals surface area contributed by atoms with Crippen LogP contribution in [0.25, 0.3) is 33.0 Å². The highest BCUT2D eigenvalue weighted by Gasteiger charge is 2.42. The number of hydrogen-bond acceptors (Lipinski definition) is 1. The summed E-state index contributed by atoms with van der Waals surface area (Å²) in [5, 5.41) is 2.65. The fraction of sp³-hybridized carbons (Fsp3) is 0.238. The Hall–Kier alpha value is -4.36. The van der Waals surface area contributed by atoms with E-state index in [-0.39, 0.29) is 10.8 Å². The third kappa shape index (κ3) is 3.51. The lowest BCUT2D eigenvalue weighted by Gasteiger charge is -2.31. The maximum Gasteiger partial charge on any atom is 0.0543 e. The molecule has 0 spiro atoms. The number of benzene rings is 5. The largest absolute Gasteiger partial charge is 0.310 e. The molecule has 3 aliphatic rings. The van der Waals surface area contributed by atoms with Gasteiger partial charge in [0.1, 0.15) is 0 Å². The van der Waals surface area contributed by atoms with Crippen LogP contribution in [0.3, 0.4) is 0 Å². The Labute approximate surface area is 256 Å². The summed E-state index contributed by atoms with van der Waals surface area (Å²) < 4.78 is 0. The second kappa shape index (κ2) is 9.07. The lowest BCUT2D eigenvalue weighted by atomic mass is 9.79. The highest BCUT2D eigenvalue weighted by molar-refractivity contribution is 6.10. The Morgan fingerprint density at radius 2 is 1.26 bits per heavy atom. The number of aryl methyl sites for hydroxylation is 1. The summed E-state index contributed by atoms with van der Waals surface area (Å²) in [6.07, 6.45) is 6.62. The minimum atomic E-state index is -0.134. The third-order valence-electron chi connectivity index (χ3n) is 10.6. The lowest BCUT2D eigenvalue weighted by molar-refractivity contribution is 0.652. The molecule has 5 aromatic rings. The minimum Gasteiger partial charge on any atom is -0.310 e. The van der Waals surface area contributed by atoms with E-state index in [4.69, 9.17) is 0 Å². The van der Waals surface area contributed by atoms with Crippen LogP contribution in [0, 0.1) is 0 Å². The van der Waals surface area contributed by atoms with E-state index in [1.807, 2.05) is 0 Å². The average molecular weight is 558 g/mol. The van der Waals surface area contributed by atoms with Gasteiger partial charge in [-0.15, -0.1) is 0 Å². The highest BCUT2D eigenvalue weighted by Crippen LogP contribution is 2.58. The summed E-state index contributed by atoms with van der Waals surface area (Å²) in [6, 6.07) is 34.7. The topological polar surface area (TPSA) is 3.24 Å². The van der Waals surface area contributed by atoms with Crippen LogP contribution in [-0.4, -0.2) is 0 Å². The molecule has 0 radical (unpaired) electrons. The standard InChI is InChI=1S/C42H39N/c1-7-14-37-26(2)21-22-27-15-8-13-20-38(27)43(37)39-25-36-40(30-18-10-9-17-29(30)39)32-24-34-31(23-35(32)42(36,5)6)28-16-11-12-19-33(28)41(34,3)4/h7-20,23-25H,21-22H2,1-6H3/b14-7-. The van der Waals surface area contributed by atoms with Crippen LogP contribution in [0.1, 0.15) is 75.8 Å². The maximum atomic E-state index is 2.55. The highest BCUT2D eigenvalue weighted by atomic mass is 15.2. The van der Waals surface area contributed by atoms with E-state index in [0.29, 0.717) is 0 Å². The molecule has 0 fully saturated rings. The zero-order chi connectivity index (χ0) is 29.7. The average Bonchev–Trinajstić information content (AvgIpc) is 3.31. The summed E-state index contributed by atoms with van der Waals surface area (Å²) in [5.74, 6) is 0. The second-order valence-electron chi connectivity index (χ2n) is 13.7. The van der Waals surface area contributed by atoms with Gasteiger partial charge in [-0.25, -0.2) is 0 Å². The summed E-state index contributed by atoms with van der Waals surface area (Å²) in [5.41, 5.74) is 17.9. The number of nitrogens with zero attached hydrogens (tertiary/aromatic N) is 1. The van der Waals surface area contributed by atoms with Crippen molar-refractivity contribution in [3.05, 3.63) is 142 Å². The van der Waals surface area contributed by atoms with Crippen molar-refractivity contribution in [2.45, 2.75) is 65.2 Å². The van der Waals surface area contributed by atoms with E-state index in [1.54, 1.807) is 0 Å². The maximum absolute atomic E-state index is 2.55. The fourth-order valence-electron chi connectivity index (χ4n) is 8.29. The van der Waals surface area contributed by atoms with Crippen LogP contribution in [0.5, 0.6) is 0 Å². The molecule has 1 aliphatic heterocycles. The van der Waals surface area contributed by atoms with Gasteiger partial charge in [-0.2, -0.15) is 0 Å². The van der Waals surface area contributed by atoms with Gasteiger partial charge in [0.2, 0.25) is 0 Å². The summed E-state index contributed by atoms with van der Waals surface area (Å²) >= 11 is 0. The van der Waals surface area contributed by atoms with Gasteiger partial charge >= 0.3 is 0 Å². The Kier molecular flexibility index (Phi) is 5.54. The molecule has 0 N–H and O–H groups in total. The fourth-order valence-corrected chi connectivity index (χ4v) is 8.29. The summed E-state index contributed by atoms with van der Waals surface area (Å²) in [6.45, 7) is 14.1. The number of rotatable bonds is 2. The van der Waals surface area contributed by atoms with Crippen molar-refractivity contribution in [3.8, 4) is 22.3 Å². The van der Waals surface area contributed by atoms with Crippen molar-refractivity contribution >= 4 is 22.1 Å². The van der Waals surface area contributed by atoms with Gasteiger partial charge in [-0.1, -0.05) is 101 Å². The first-order chi connectivity index (χ1) is 20.7. The van der Waals surface area contributed by atoms with Crippen molar-refractivity contribution in [1.29, 1.82) is 0 Å². The molecule has 0 amide bonds. The molecule has 0 atom stereocenters. The van der Waals surface area contributed by atoms with Crippen LogP contribution in [0.4, 0.5) is 11.4 Å². The molecule has 212 valence electrons. The number of fused-ring (bicyclic) bond motifs is 9. The Morgan fingerprint density at radius 1 is 0.605 bits per heavy atom. The molecule has 1 nitrogen and oxygen atoms in total. The first-order valence-electron chi connectivity index (χ1n) is 15.8. The number of allylic oxidation sites excluding steroid dienone is 3. The number of para-hydroxylation sites is 1. The van der Waals surface area contributed by atoms with Gasteiger partial charge in [0, 0.05) is 27.6 Å².